The number of hydrogen-bond donors (Lipinski definition) is 1. The Bertz CT molecular complexity index is 743. The number of pyridine rings is 1. The minimum Gasteiger partial charge on any atom is -0.508 e. The number of aromatic hydroxyl groups is 1. The van der Waals surface area contributed by atoms with Crippen LogP contribution in [-0.2, 0) is 6.42 Å². The van der Waals surface area contributed by atoms with Gasteiger partial charge in [-0.05, 0) is 47.7 Å². The van der Waals surface area contributed by atoms with E-state index in [1.165, 1.54) is 18.4 Å². The Balaban J connectivity index is 1.77. The Morgan fingerprint density at radius 3 is 1.96 bits per heavy atom. The molecule has 1 N–H and O–H groups in total. The van der Waals surface area contributed by atoms with Gasteiger partial charge in [0.15, 0.2) is 0 Å². The topological polar surface area (TPSA) is 33.1 Å². The van der Waals surface area contributed by atoms with Crippen molar-refractivity contribution in [2.24, 2.45) is 0 Å². The molecule has 0 radical (unpaired) electrons. The minimum atomic E-state index is 0.290. The smallest absolute Gasteiger partial charge is 0.115 e. The summed E-state index contributed by atoms with van der Waals surface area (Å²) >= 11 is 0. The number of rotatable bonds is 5. The van der Waals surface area contributed by atoms with E-state index in [1.807, 2.05) is 18.3 Å². The zero-order chi connectivity index (χ0) is 16.1. The zero-order valence-corrected chi connectivity index (χ0v) is 13.4. The fourth-order valence-corrected chi connectivity index (χ4v) is 2.61. The molecule has 2 aromatic carbocycles. The van der Waals surface area contributed by atoms with Crippen LogP contribution in [0.25, 0.3) is 22.4 Å². The molecule has 0 saturated carbocycles. The van der Waals surface area contributed by atoms with Gasteiger partial charge in [-0.15, -0.1) is 0 Å². The van der Waals surface area contributed by atoms with Crippen molar-refractivity contribution in [2.45, 2.75) is 26.2 Å². The quantitative estimate of drug-likeness (QED) is 0.678. The van der Waals surface area contributed by atoms with Crippen LogP contribution in [0, 0.1) is 0 Å². The van der Waals surface area contributed by atoms with Gasteiger partial charge in [0.1, 0.15) is 5.75 Å². The predicted molar refractivity (Wildman–Crippen MR) is 95.4 cm³/mol. The van der Waals surface area contributed by atoms with Gasteiger partial charge < -0.3 is 5.11 Å². The van der Waals surface area contributed by atoms with Crippen molar-refractivity contribution in [2.75, 3.05) is 0 Å². The van der Waals surface area contributed by atoms with Gasteiger partial charge >= 0.3 is 0 Å². The lowest BCUT2D eigenvalue weighted by Crippen LogP contribution is -1.89. The number of phenols is 1. The molecule has 2 nitrogen and oxygen atoms in total. The number of unbranched alkanes of at least 4 members (excludes halogenated alkanes) is 1. The van der Waals surface area contributed by atoms with Gasteiger partial charge in [0, 0.05) is 11.8 Å². The molecule has 0 aliphatic rings. The molecule has 3 rings (SSSR count). The molecule has 0 aliphatic heterocycles. The summed E-state index contributed by atoms with van der Waals surface area (Å²) in [6.07, 6.45) is 5.51. The second-order valence-corrected chi connectivity index (χ2v) is 5.78. The monoisotopic (exact) mass is 303 g/mol. The second-order valence-electron chi connectivity index (χ2n) is 5.78. The first-order valence-corrected chi connectivity index (χ1v) is 8.11. The first kappa shape index (κ1) is 15.3. The highest BCUT2D eigenvalue weighted by Crippen LogP contribution is 2.25. The SMILES string of the molecule is CCCCc1ccc(-c2ccc(-c3ccc(O)cc3)cc2)nc1. The summed E-state index contributed by atoms with van der Waals surface area (Å²) in [6, 6.07) is 19.9. The van der Waals surface area contributed by atoms with E-state index in [1.54, 1.807) is 12.1 Å². The van der Waals surface area contributed by atoms with Crippen LogP contribution in [0.5, 0.6) is 5.75 Å². The highest BCUT2D eigenvalue weighted by Gasteiger charge is 2.02. The summed E-state index contributed by atoms with van der Waals surface area (Å²) < 4.78 is 0. The van der Waals surface area contributed by atoms with Crippen molar-refractivity contribution < 1.29 is 5.11 Å². The van der Waals surface area contributed by atoms with Crippen molar-refractivity contribution in [3.8, 4) is 28.1 Å². The third-order valence-electron chi connectivity index (χ3n) is 4.03. The molecule has 0 unspecified atom stereocenters. The minimum absolute atomic E-state index is 0.290. The lowest BCUT2D eigenvalue weighted by atomic mass is 10.0. The van der Waals surface area contributed by atoms with E-state index in [4.69, 9.17) is 0 Å². The maximum Gasteiger partial charge on any atom is 0.115 e. The normalized spacial score (nSPS) is 10.7. The van der Waals surface area contributed by atoms with E-state index in [2.05, 4.69) is 48.3 Å². The number of phenolic OH excluding ortho intramolecular Hbond substituents is 1. The number of hydrogen-bond acceptors (Lipinski definition) is 2. The summed E-state index contributed by atoms with van der Waals surface area (Å²) in [5, 5.41) is 9.36. The number of aryl methyl sites for hydroxylation is 1. The van der Waals surface area contributed by atoms with Gasteiger partial charge in [-0.2, -0.15) is 0 Å². The van der Waals surface area contributed by atoms with Gasteiger partial charge in [0.25, 0.3) is 0 Å². The molecule has 0 atom stereocenters. The molecular formula is C21H21NO. The Morgan fingerprint density at radius 1 is 0.783 bits per heavy atom. The summed E-state index contributed by atoms with van der Waals surface area (Å²) in [7, 11) is 0. The molecule has 0 spiro atoms. The zero-order valence-electron chi connectivity index (χ0n) is 13.4. The molecule has 0 saturated heterocycles. The highest BCUT2D eigenvalue weighted by atomic mass is 16.3. The summed E-state index contributed by atoms with van der Waals surface area (Å²) in [5.41, 5.74) is 5.65. The largest absolute Gasteiger partial charge is 0.508 e. The fourth-order valence-electron chi connectivity index (χ4n) is 2.61. The van der Waals surface area contributed by atoms with Crippen LogP contribution >= 0.6 is 0 Å². The molecule has 1 aromatic heterocycles. The molecule has 3 aromatic rings. The standard InChI is InChI=1S/C21H21NO/c1-2-3-4-16-5-14-21(22-15-16)19-8-6-17(7-9-19)18-10-12-20(23)13-11-18/h5-15,23H,2-4H2,1H3. The average Bonchev–Trinajstić information content (AvgIpc) is 2.61. The predicted octanol–water partition coefficient (Wildman–Crippen LogP) is 5.46. The highest BCUT2D eigenvalue weighted by molar-refractivity contribution is 5.69. The maximum atomic E-state index is 9.36. The van der Waals surface area contributed by atoms with Crippen LogP contribution in [0.15, 0.2) is 66.9 Å². The summed E-state index contributed by atoms with van der Waals surface area (Å²) in [6.45, 7) is 2.21. The van der Waals surface area contributed by atoms with Gasteiger partial charge in [0.2, 0.25) is 0 Å². The van der Waals surface area contributed by atoms with Crippen molar-refractivity contribution >= 4 is 0 Å². The van der Waals surface area contributed by atoms with Crippen molar-refractivity contribution in [3.05, 3.63) is 72.4 Å². The third kappa shape index (κ3) is 3.78. The Kier molecular flexibility index (Phi) is 4.72. The van der Waals surface area contributed by atoms with Crippen LogP contribution < -0.4 is 0 Å². The van der Waals surface area contributed by atoms with E-state index in [9.17, 15) is 5.11 Å². The van der Waals surface area contributed by atoms with Crippen LogP contribution in [0.1, 0.15) is 25.3 Å². The molecule has 0 fully saturated rings. The second kappa shape index (κ2) is 7.10. The van der Waals surface area contributed by atoms with Crippen molar-refractivity contribution in [3.63, 3.8) is 0 Å². The first-order valence-electron chi connectivity index (χ1n) is 8.11. The molecule has 23 heavy (non-hydrogen) atoms. The summed E-state index contributed by atoms with van der Waals surface area (Å²) in [5.74, 6) is 0.290. The molecule has 0 aliphatic carbocycles. The Morgan fingerprint density at radius 2 is 1.39 bits per heavy atom. The molecule has 0 amide bonds. The van der Waals surface area contributed by atoms with E-state index >= 15 is 0 Å². The lowest BCUT2D eigenvalue weighted by Gasteiger charge is -2.06. The van der Waals surface area contributed by atoms with E-state index in [0.29, 0.717) is 0 Å². The van der Waals surface area contributed by atoms with Gasteiger partial charge in [-0.25, -0.2) is 0 Å². The number of benzene rings is 2. The van der Waals surface area contributed by atoms with Gasteiger partial charge in [-0.1, -0.05) is 55.8 Å². The number of aromatic nitrogens is 1. The third-order valence-corrected chi connectivity index (χ3v) is 4.03. The Hall–Kier alpha value is -2.61. The van der Waals surface area contributed by atoms with Crippen LogP contribution in [0.2, 0.25) is 0 Å². The summed E-state index contributed by atoms with van der Waals surface area (Å²) in [4.78, 5) is 4.58. The van der Waals surface area contributed by atoms with Crippen molar-refractivity contribution in [1.82, 2.24) is 4.98 Å². The molecule has 116 valence electrons. The molecule has 0 bridgehead atoms. The van der Waals surface area contributed by atoms with E-state index in [0.717, 1.165) is 28.8 Å². The lowest BCUT2D eigenvalue weighted by molar-refractivity contribution is 0.475. The Labute approximate surface area is 137 Å². The van der Waals surface area contributed by atoms with Gasteiger partial charge in [0.05, 0.1) is 5.69 Å². The number of nitrogens with zero attached hydrogens (tertiary/aromatic N) is 1. The molecule has 1 heterocycles. The molecule has 2 heteroatoms. The molecular weight excluding hydrogens is 282 g/mol. The van der Waals surface area contributed by atoms with E-state index in [-0.39, 0.29) is 5.75 Å². The van der Waals surface area contributed by atoms with Crippen LogP contribution in [0.4, 0.5) is 0 Å². The van der Waals surface area contributed by atoms with Gasteiger partial charge in [-0.3, -0.25) is 4.98 Å². The van der Waals surface area contributed by atoms with Crippen molar-refractivity contribution in [1.29, 1.82) is 0 Å². The average molecular weight is 303 g/mol. The van der Waals surface area contributed by atoms with E-state index < -0.39 is 0 Å². The van der Waals surface area contributed by atoms with Crippen LogP contribution in [0.3, 0.4) is 0 Å². The maximum absolute atomic E-state index is 9.36. The van der Waals surface area contributed by atoms with Crippen LogP contribution in [-0.4, -0.2) is 10.1 Å². The first-order chi connectivity index (χ1) is 11.3. The fraction of sp³-hybridized carbons (Fsp3) is 0.190.